The first-order valence-corrected chi connectivity index (χ1v) is 5.61. The zero-order valence-corrected chi connectivity index (χ0v) is 8.96. The maximum Gasteiger partial charge on any atom is 0.0726 e. The molecular formula is C11H23NO. The standard InChI is InChI=1S/C11H23NO/c1-3-9(2)8-10(12)11-6-4-5-7-13-11/h9-11H,3-8,12H2,1-2H3. The average molecular weight is 185 g/mol. The molecular weight excluding hydrogens is 162 g/mol. The lowest BCUT2D eigenvalue weighted by Crippen LogP contribution is -2.39. The van der Waals surface area contributed by atoms with Crippen LogP contribution in [0.4, 0.5) is 0 Å². The van der Waals surface area contributed by atoms with Gasteiger partial charge in [-0.25, -0.2) is 0 Å². The molecule has 1 heterocycles. The minimum Gasteiger partial charge on any atom is -0.377 e. The van der Waals surface area contributed by atoms with E-state index in [0.29, 0.717) is 6.10 Å². The predicted octanol–water partition coefficient (Wildman–Crippen LogP) is 2.32. The van der Waals surface area contributed by atoms with Crippen LogP contribution in [0.3, 0.4) is 0 Å². The fraction of sp³-hybridized carbons (Fsp3) is 1.00. The Labute approximate surface area is 81.8 Å². The molecule has 0 spiro atoms. The molecule has 0 bridgehead atoms. The largest absolute Gasteiger partial charge is 0.377 e. The molecule has 13 heavy (non-hydrogen) atoms. The summed E-state index contributed by atoms with van der Waals surface area (Å²) in [6.45, 7) is 5.40. The molecule has 2 heteroatoms. The van der Waals surface area contributed by atoms with Gasteiger partial charge in [-0.15, -0.1) is 0 Å². The van der Waals surface area contributed by atoms with E-state index < -0.39 is 0 Å². The highest BCUT2D eigenvalue weighted by Gasteiger charge is 2.22. The first-order chi connectivity index (χ1) is 6.24. The van der Waals surface area contributed by atoms with Crippen molar-refractivity contribution in [2.24, 2.45) is 11.7 Å². The van der Waals surface area contributed by atoms with Gasteiger partial charge in [-0.1, -0.05) is 20.3 Å². The van der Waals surface area contributed by atoms with Crippen molar-refractivity contribution in [2.45, 2.75) is 58.1 Å². The maximum atomic E-state index is 6.10. The molecule has 1 rings (SSSR count). The van der Waals surface area contributed by atoms with Crippen molar-refractivity contribution in [3.05, 3.63) is 0 Å². The van der Waals surface area contributed by atoms with Crippen molar-refractivity contribution in [3.63, 3.8) is 0 Å². The molecule has 1 aliphatic rings. The van der Waals surface area contributed by atoms with Gasteiger partial charge in [0.05, 0.1) is 6.10 Å². The number of hydrogen-bond acceptors (Lipinski definition) is 2. The first kappa shape index (κ1) is 11.0. The van der Waals surface area contributed by atoms with Crippen LogP contribution in [-0.2, 0) is 4.74 Å². The SMILES string of the molecule is CCC(C)CC(N)C1CCCCO1. The topological polar surface area (TPSA) is 35.2 Å². The fourth-order valence-electron chi connectivity index (χ4n) is 1.89. The average Bonchev–Trinajstić information content (AvgIpc) is 2.19. The van der Waals surface area contributed by atoms with Gasteiger partial charge in [-0.2, -0.15) is 0 Å². The van der Waals surface area contributed by atoms with Crippen molar-refractivity contribution < 1.29 is 4.74 Å². The van der Waals surface area contributed by atoms with E-state index in [2.05, 4.69) is 13.8 Å². The molecule has 0 aromatic rings. The molecule has 3 unspecified atom stereocenters. The van der Waals surface area contributed by atoms with E-state index in [1.807, 2.05) is 0 Å². The van der Waals surface area contributed by atoms with Crippen molar-refractivity contribution >= 4 is 0 Å². The Morgan fingerprint density at radius 2 is 2.23 bits per heavy atom. The highest BCUT2D eigenvalue weighted by Crippen LogP contribution is 2.19. The number of nitrogens with two attached hydrogens (primary N) is 1. The molecule has 0 aliphatic carbocycles. The third-order valence-electron chi connectivity index (χ3n) is 3.06. The summed E-state index contributed by atoms with van der Waals surface area (Å²) in [6, 6.07) is 0.259. The van der Waals surface area contributed by atoms with Crippen LogP contribution in [0, 0.1) is 5.92 Å². The summed E-state index contributed by atoms with van der Waals surface area (Å²) < 4.78 is 5.66. The molecule has 2 nitrogen and oxygen atoms in total. The molecule has 1 saturated heterocycles. The van der Waals surface area contributed by atoms with Crippen LogP contribution >= 0.6 is 0 Å². The van der Waals surface area contributed by atoms with Crippen LogP contribution in [0.15, 0.2) is 0 Å². The Kier molecular flexibility index (Phi) is 4.74. The van der Waals surface area contributed by atoms with Crippen LogP contribution in [0.2, 0.25) is 0 Å². The third kappa shape index (κ3) is 3.65. The highest BCUT2D eigenvalue weighted by atomic mass is 16.5. The van der Waals surface area contributed by atoms with Crippen LogP contribution in [-0.4, -0.2) is 18.8 Å². The number of hydrogen-bond donors (Lipinski definition) is 1. The lowest BCUT2D eigenvalue weighted by molar-refractivity contribution is -0.00369. The zero-order chi connectivity index (χ0) is 9.68. The predicted molar refractivity (Wildman–Crippen MR) is 55.6 cm³/mol. The van der Waals surface area contributed by atoms with Gasteiger partial charge in [0.15, 0.2) is 0 Å². The fourth-order valence-corrected chi connectivity index (χ4v) is 1.89. The van der Waals surface area contributed by atoms with Gasteiger partial charge in [0.25, 0.3) is 0 Å². The zero-order valence-electron chi connectivity index (χ0n) is 8.96. The summed E-state index contributed by atoms with van der Waals surface area (Å²) in [7, 11) is 0. The monoisotopic (exact) mass is 185 g/mol. The van der Waals surface area contributed by atoms with Gasteiger partial charge in [0.2, 0.25) is 0 Å². The van der Waals surface area contributed by atoms with E-state index in [-0.39, 0.29) is 6.04 Å². The summed E-state index contributed by atoms with van der Waals surface area (Å²) in [5.41, 5.74) is 6.10. The van der Waals surface area contributed by atoms with Gasteiger partial charge in [-0.05, 0) is 31.6 Å². The van der Waals surface area contributed by atoms with E-state index in [4.69, 9.17) is 10.5 Å². The quantitative estimate of drug-likeness (QED) is 0.729. The van der Waals surface area contributed by atoms with Crippen LogP contribution < -0.4 is 5.73 Å². The van der Waals surface area contributed by atoms with Gasteiger partial charge >= 0.3 is 0 Å². The minimum absolute atomic E-state index is 0.259. The highest BCUT2D eigenvalue weighted by molar-refractivity contribution is 4.77. The second-order valence-electron chi connectivity index (χ2n) is 4.32. The first-order valence-electron chi connectivity index (χ1n) is 5.61. The van der Waals surface area contributed by atoms with Crippen molar-refractivity contribution in [1.29, 1.82) is 0 Å². The molecule has 0 aromatic carbocycles. The molecule has 3 atom stereocenters. The second-order valence-corrected chi connectivity index (χ2v) is 4.32. The summed E-state index contributed by atoms with van der Waals surface area (Å²) in [5, 5.41) is 0. The number of rotatable bonds is 4. The van der Waals surface area contributed by atoms with E-state index in [9.17, 15) is 0 Å². The minimum atomic E-state index is 0.259. The lowest BCUT2D eigenvalue weighted by Gasteiger charge is -2.29. The normalized spacial score (nSPS) is 28.4. The van der Waals surface area contributed by atoms with E-state index in [1.165, 1.54) is 19.3 Å². The maximum absolute atomic E-state index is 6.10. The lowest BCUT2D eigenvalue weighted by atomic mass is 9.93. The second kappa shape index (κ2) is 5.61. The van der Waals surface area contributed by atoms with Crippen LogP contribution in [0.5, 0.6) is 0 Å². The Morgan fingerprint density at radius 3 is 2.77 bits per heavy atom. The van der Waals surface area contributed by atoms with Crippen LogP contribution in [0.1, 0.15) is 46.0 Å². The molecule has 0 radical (unpaired) electrons. The third-order valence-corrected chi connectivity index (χ3v) is 3.06. The summed E-state index contributed by atoms with van der Waals surface area (Å²) in [4.78, 5) is 0. The van der Waals surface area contributed by atoms with Crippen molar-refractivity contribution in [3.8, 4) is 0 Å². The molecule has 0 amide bonds. The van der Waals surface area contributed by atoms with E-state index >= 15 is 0 Å². The van der Waals surface area contributed by atoms with Gasteiger partial charge in [0, 0.05) is 12.6 Å². The van der Waals surface area contributed by atoms with Gasteiger partial charge in [0.1, 0.15) is 0 Å². The van der Waals surface area contributed by atoms with E-state index in [0.717, 1.165) is 25.4 Å². The molecule has 78 valence electrons. The Hall–Kier alpha value is -0.0800. The van der Waals surface area contributed by atoms with Crippen molar-refractivity contribution in [1.82, 2.24) is 0 Å². The van der Waals surface area contributed by atoms with E-state index in [1.54, 1.807) is 0 Å². The molecule has 0 saturated carbocycles. The van der Waals surface area contributed by atoms with Crippen LogP contribution in [0.25, 0.3) is 0 Å². The Balaban J connectivity index is 2.24. The van der Waals surface area contributed by atoms with Gasteiger partial charge < -0.3 is 10.5 Å². The number of ether oxygens (including phenoxy) is 1. The van der Waals surface area contributed by atoms with Gasteiger partial charge in [-0.3, -0.25) is 0 Å². The molecule has 0 aromatic heterocycles. The molecule has 2 N–H and O–H groups in total. The van der Waals surface area contributed by atoms with Crippen molar-refractivity contribution in [2.75, 3.05) is 6.61 Å². The Morgan fingerprint density at radius 1 is 1.46 bits per heavy atom. The molecule has 1 aliphatic heterocycles. The summed E-state index contributed by atoms with van der Waals surface area (Å²) in [5.74, 6) is 0.737. The smallest absolute Gasteiger partial charge is 0.0726 e. The Bertz CT molecular complexity index is 132. The molecule has 1 fully saturated rings. The summed E-state index contributed by atoms with van der Waals surface area (Å²) >= 11 is 0. The summed E-state index contributed by atoms with van der Waals surface area (Å²) in [6.07, 6.45) is 6.34.